The number of pyridine rings is 1. The van der Waals surface area contributed by atoms with Crippen LogP contribution in [0.1, 0.15) is 17.0 Å². The second-order valence-corrected chi connectivity index (χ2v) is 3.26. The van der Waals surface area contributed by atoms with Gasteiger partial charge >= 0.3 is 0 Å². The van der Waals surface area contributed by atoms with E-state index in [9.17, 15) is 0 Å². The number of nitrogens with zero attached hydrogens (tertiary/aromatic N) is 2. The van der Waals surface area contributed by atoms with Crippen molar-refractivity contribution in [1.82, 2.24) is 4.98 Å². The van der Waals surface area contributed by atoms with Gasteiger partial charge < -0.3 is 0 Å². The lowest BCUT2D eigenvalue weighted by Gasteiger charge is -2.08. The SMILES string of the molecule is N#C[C@H](c1ccccc1)c1cccnc1. The van der Waals surface area contributed by atoms with Gasteiger partial charge in [-0.2, -0.15) is 5.26 Å². The third-order valence-electron chi connectivity index (χ3n) is 2.28. The average Bonchev–Trinajstić information content (AvgIpc) is 2.33. The maximum atomic E-state index is 9.16. The van der Waals surface area contributed by atoms with E-state index in [1.165, 1.54) is 0 Å². The highest BCUT2D eigenvalue weighted by molar-refractivity contribution is 5.36. The smallest absolute Gasteiger partial charge is 0.0977 e. The van der Waals surface area contributed by atoms with Crippen molar-refractivity contribution in [2.24, 2.45) is 0 Å². The van der Waals surface area contributed by atoms with Gasteiger partial charge in [-0.1, -0.05) is 36.4 Å². The van der Waals surface area contributed by atoms with Crippen LogP contribution in [0.3, 0.4) is 0 Å². The lowest BCUT2D eigenvalue weighted by molar-refractivity contribution is 1.02. The molecule has 0 radical (unpaired) electrons. The summed E-state index contributed by atoms with van der Waals surface area (Å²) in [6.07, 6.45) is 3.45. The van der Waals surface area contributed by atoms with E-state index in [-0.39, 0.29) is 5.92 Å². The van der Waals surface area contributed by atoms with Crippen molar-refractivity contribution in [3.8, 4) is 6.07 Å². The van der Waals surface area contributed by atoms with Crippen molar-refractivity contribution in [1.29, 1.82) is 5.26 Å². The highest BCUT2D eigenvalue weighted by Gasteiger charge is 2.11. The number of rotatable bonds is 2. The van der Waals surface area contributed by atoms with Crippen molar-refractivity contribution in [3.63, 3.8) is 0 Å². The largest absolute Gasteiger partial charge is 0.264 e. The predicted octanol–water partition coefficient (Wildman–Crippen LogP) is 2.74. The summed E-state index contributed by atoms with van der Waals surface area (Å²) < 4.78 is 0. The summed E-state index contributed by atoms with van der Waals surface area (Å²) in [7, 11) is 0. The van der Waals surface area contributed by atoms with Gasteiger partial charge in [-0.25, -0.2) is 0 Å². The minimum absolute atomic E-state index is 0.222. The van der Waals surface area contributed by atoms with Gasteiger partial charge in [0.05, 0.1) is 12.0 Å². The Morgan fingerprint density at radius 1 is 1.00 bits per heavy atom. The van der Waals surface area contributed by atoms with Gasteiger partial charge in [-0.15, -0.1) is 0 Å². The highest BCUT2D eigenvalue weighted by atomic mass is 14.6. The van der Waals surface area contributed by atoms with Crippen molar-refractivity contribution >= 4 is 0 Å². The van der Waals surface area contributed by atoms with Crippen LogP contribution in [-0.4, -0.2) is 4.98 Å². The Balaban J connectivity index is 2.39. The van der Waals surface area contributed by atoms with Gasteiger partial charge in [-0.05, 0) is 17.2 Å². The zero-order valence-electron chi connectivity index (χ0n) is 8.17. The number of hydrogen-bond donors (Lipinski definition) is 0. The topological polar surface area (TPSA) is 36.7 Å². The minimum Gasteiger partial charge on any atom is -0.264 e. The molecule has 0 saturated heterocycles. The molecule has 0 spiro atoms. The second kappa shape index (κ2) is 4.39. The molecule has 0 aliphatic heterocycles. The molecule has 15 heavy (non-hydrogen) atoms. The van der Waals surface area contributed by atoms with E-state index in [0.717, 1.165) is 11.1 Å². The van der Waals surface area contributed by atoms with Gasteiger partial charge in [0.1, 0.15) is 0 Å². The Bertz CT molecular complexity index is 417. The molecule has 1 aromatic heterocycles. The van der Waals surface area contributed by atoms with Crippen LogP contribution < -0.4 is 0 Å². The molecule has 1 atom stereocenters. The van der Waals surface area contributed by atoms with E-state index < -0.39 is 0 Å². The van der Waals surface area contributed by atoms with E-state index in [1.54, 1.807) is 12.4 Å². The predicted molar refractivity (Wildman–Crippen MR) is 58.1 cm³/mol. The molecule has 0 aliphatic carbocycles. The summed E-state index contributed by atoms with van der Waals surface area (Å²) in [5.74, 6) is -0.222. The molecule has 0 N–H and O–H groups in total. The van der Waals surface area contributed by atoms with Gasteiger partial charge in [0.25, 0.3) is 0 Å². The molecular weight excluding hydrogens is 184 g/mol. The molecule has 2 aromatic rings. The normalized spacial score (nSPS) is 11.7. The Morgan fingerprint density at radius 3 is 2.33 bits per heavy atom. The van der Waals surface area contributed by atoms with Crippen LogP contribution in [0.25, 0.3) is 0 Å². The molecule has 0 aliphatic rings. The Labute approximate surface area is 88.8 Å². The summed E-state index contributed by atoms with van der Waals surface area (Å²) in [6, 6.07) is 15.8. The van der Waals surface area contributed by atoms with Gasteiger partial charge in [-0.3, -0.25) is 4.98 Å². The Kier molecular flexibility index (Phi) is 2.75. The third-order valence-corrected chi connectivity index (χ3v) is 2.28. The van der Waals surface area contributed by atoms with Crippen LogP contribution in [0.4, 0.5) is 0 Å². The average molecular weight is 194 g/mol. The standard InChI is InChI=1S/C13H10N2/c14-9-13(11-5-2-1-3-6-11)12-7-4-8-15-10-12/h1-8,10,13H/t13-/m1/s1. The lowest BCUT2D eigenvalue weighted by Crippen LogP contribution is -1.97. The minimum atomic E-state index is -0.222. The molecule has 2 rings (SSSR count). The summed E-state index contributed by atoms with van der Waals surface area (Å²) in [5, 5.41) is 9.16. The third kappa shape index (κ3) is 2.03. The van der Waals surface area contributed by atoms with Crippen molar-refractivity contribution in [2.75, 3.05) is 0 Å². The van der Waals surface area contributed by atoms with E-state index in [0.29, 0.717) is 0 Å². The van der Waals surface area contributed by atoms with E-state index in [4.69, 9.17) is 5.26 Å². The molecular formula is C13H10N2. The molecule has 1 heterocycles. The van der Waals surface area contributed by atoms with E-state index >= 15 is 0 Å². The van der Waals surface area contributed by atoms with Crippen LogP contribution in [0.2, 0.25) is 0 Å². The van der Waals surface area contributed by atoms with Crippen molar-refractivity contribution in [3.05, 3.63) is 66.0 Å². The maximum absolute atomic E-state index is 9.16. The number of nitriles is 1. The second-order valence-electron chi connectivity index (χ2n) is 3.26. The van der Waals surface area contributed by atoms with E-state index in [1.807, 2.05) is 42.5 Å². The first-order chi connectivity index (χ1) is 7.42. The first-order valence-corrected chi connectivity index (χ1v) is 4.76. The molecule has 0 fully saturated rings. The molecule has 0 saturated carbocycles. The van der Waals surface area contributed by atoms with E-state index in [2.05, 4.69) is 11.1 Å². The van der Waals surface area contributed by atoms with Crippen LogP contribution >= 0.6 is 0 Å². The summed E-state index contributed by atoms with van der Waals surface area (Å²) in [4.78, 5) is 4.03. The van der Waals surface area contributed by atoms with Gasteiger partial charge in [0.15, 0.2) is 0 Å². The fourth-order valence-corrected chi connectivity index (χ4v) is 1.53. The summed E-state index contributed by atoms with van der Waals surface area (Å²) >= 11 is 0. The fourth-order valence-electron chi connectivity index (χ4n) is 1.53. The van der Waals surface area contributed by atoms with Gasteiger partial charge in [0.2, 0.25) is 0 Å². The quantitative estimate of drug-likeness (QED) is 0.737. The molecule has 1 aromatic carbocycles. The van der Waals surface area contributed by atoms with Gasteiger partial charge in [0, 0.05) is 12.4 Å². The summed E-state index contributed by atoms with van der Waals surface area (Å²) in [6.45, 7) is 0. The fraction of sp³-hybridized carbons (Fsp3) is 0.0769. The van der Waals surface area contributed by atoms with Crippen LogP contribution in [-0.2, 0) is 0 Å². The Hall–Kier alpha value is -2.14. The van der Waals surface area contributed by atoms with Crippen molar-refractivity contribution < 1.29 is 0 Å². The molecule has 72 valence electrons. The lowest BCUT2D eigenvalue weighted by atomic mass is 9.94. The Morgan fingerprint density at radius 2 is 1.73 bits per heavy atom. The molecule has 0 bridgehead atoms. The molecule has 0 unspecified atom stereocenters. The maximum Gasteiger partial charge on any atom is 0.0977 e. The van der Waals surface area contributed by atoms with Crippen molar-refractivity contribution in [2.45, 2.75) is 5.92 Å². The number of aromatic nitrogens is 1. The van der Waals surface area contributed by atoms with Crippen LogP contribution in [0, 0.1) is 11.3 Å². The summed E-state index contributed by atoms with van der Waals surface area (Å²) in [5.41, 5.74) is 1.94. The molecule has 2 heteroatoms. The number of hydrogen-bond acceptors (Lipinski definition) is 2. The monoisotopic (exact) mass is 194 g/mol. The zero-order valence-corrected chi connectivity index (χ0v) is 8.17. The molecule has 0 amide bonds. The zero-order chi connectivity index (χ0) is 10.5. The number of benzene rings is 1. The first-order valence-electron chi connectivity index (χ1n) is 4.76. The molecule has 2 nitrogen and oxygen atoms in total. The van der Waals surface area contributed by atoms with Crippen LogP contribution in [0.5, 0.6) is 0 Å². The van der Waals surface area contributed by atoms with Crippen LogP contribution in [0.15, 0.2) is 54.9 Å². The first kappa shape index (κ1) is 9.42. The highest BCUT2D eigenvalue weighted by Crippen LogP contribution is 2.22.